The second-order valence-electron chi connectivity index (χ2n) is 6.08. The SMILES string of the molecule is CCOc1cc2occ(-c3ccc4c(c3)OCCO4)c(=O)c2cc1CC. The van der Waals surface area contributed by atoms with Gasteiger partial charge in [-0.05, 0) is 42.7 Å². The largest absolute Gasteiger partial charge is 0.493 e. The van der Waals surface area contributed by atoms with Crippen molar-refractivity contribution in [2.75, 3.05) is 19.8 Å². The highest BCUT2D eigenvalue weighted by molar-refractivity contribution is 5.84. The molecule has 0 amide bonds. The molecule has 134 valence electrons. The average Bonchev–Trinajstić information content (AvgIpc) is 2.68. The molecule has 5 heteroatoms. The van der Waals surface area contributed by atoms with Crippen LogP contribution in [0.25, 0.3) is 22.1 Å². The summed E-state index contributed by atoms with van der Waals surface area (Å²) in [6.45, 7) is 5.58. The van der Waals surface area contributed by atoms with Gasteiger partial charge < -0.3 is 18.6 Å². The van der Waals surface area contributed by atoms with Gasteiger partial charge in [0.15, 0.2) is 11.5 Å². The van der Waals surface area contributed by atoms with E-state index >= 15 is 0 Å². The quantitative estimate of drug-likeness (QED) is 0.704. The first-order valence-electron chi connectivity index (χ1n) is 8.82. The van der Waals surface area contributed by atoms with Crippen molar-refractivity contribution in [1.82, 2.24) is 0 Å². The minimum atomic E-state index is -0.0688. The van der Waals surface area contributed by atoms with E-state index in [1.54, 1.807) is 6.07 Å². The molecule has 0 bridgehead atoms. The normalized spacial score (nSPS) is 13.0. The van der Waals surface area contributed by atoms with E-state index in [9.17, 15) is 4.79 Å². The third kappa shape index (κ3) is 2.79. The van der Waals surface area contributed by atoms with Crippen LogP contribution in [0.15, 0.2) is 45.8 Å². The van der Waals surface area contributed by atoms with Crippen molar-refractivity contribution in [2.45, 2.75) is 20.3 Å². The van der Waals surface area contributed by atoms with Gasteiger partial charge in [-0.25, -0.2) is 0 Å². The molecule has 0 unspecified atom stereocenters. The lowest BCUT2D eigenvalue weighted by Gasteiger charge is -2.18. The number of benzene rings is 2. The number of aryl methyl sites for hydroxylation is 1. The standard InChI is InChI=1S/C21H20O5/c1-3-13-9-15-19(11-18(13)23-4-2)26-12-16(21(15)22)14-5-6-17-20(10-14)25-8-7-24-17/h5-6,9-12H,3-4,7-8H2,1-2H3. The van der Waals surface area contributed by atoms with Gasteiger partial charge in [0.2, 0.25) is 5.43 Å². The summed E-state index contributed by atoms with van der Waals surface area (Å²) in [7, 11) is 0. The molecule has 1 aromatic heterocycles. The monoisotopic (exact) mass is 352 g/mol. The molecule has 0 aliphatic carbocycles. The van der Waals surface area contributed by atoms with Crippen LogP contribution in [0.5, 0.6) is 17.2 Å². The Morgan fingerprint density at radius 2 is 1.85 bits per heavy atom. The fourth-order valence-electron chi connectivity index (χ4n) is 3.18. The van der Waals surface area contributed by atoms with E-state index in [4.69, 9.17) is 18.6 Å². The molecule has 2 heterocycles. The Kier molecular flexibility index (Phi) is 4.29. The number of hydrogen-bond donors (Lipinski definition) is 0. The molecule has 26 heavy (non-hydrogen) atoms. The van der Waals surface area contributed by atoms with E-state index < -0.39 is 0 Å². The maximum absolute atomic E-state index is 13.1. The van der Waals surface area contributed by atoms with Crippen LogP contribution in [0.2, 0.25) is 0 Å². The van der Waals surface area contributed by atoms with Crippen LogP contribution in [-0.4, -0.2) is 19.8 Å². The number of ether oxygens (including phenoxy) is 3. The van der Waals surface area contributed by atoms with Crippen molar-refractivity contribution in [3.8, 4) is 28.4 Å². The Bertz CT molecular complexity index is 1020. The topological polar surface area (TPSA) is 57.9 Å². The molecule has 3 aromatic rings. The zero-order chi connectivity index (χ0) is 18.1. The van der Waals surface area contributed by atoms with Crippen LogP contribution in [-0.2, 0) is 6.42 Å². The summed E-state index contributed by atoms with van der Waals surface area (Å²) in [6, 6.07) is 9.16. The molecule has 0 atom stereocenters. The van der Waals surface area contributed by atoms with Crippen LogP contribution in [0.4, 0.5) is 0 Å². The van der Waals surface area contributed by atoms with E-state index in [-0.39, 0.29) is 5.43 Å². The van der Waals surface area contributed by atoms with E-state index in [0.717, 1.165) is 23.3 Å². The van der Waals surface area contributed by atoms with E-state index in [1.807, 2.05) is 38.1 Å². The van der Waals surface area contributed by atoms with Crippen molar-refractivity contribution >= 4 is 11.0 Å². The van der Waals surface area contributed by atoms with Gasteiger partial charge in [0, 0.05) is 6.07 Å². The lowest BCUT2D eigenvalue weighted by molar-refractivity contribution is 0.171. The maximum Gasteiger partial charge on any atom is 0.200 e. The predicted octanol–water partition coefficient (Wildman–Crippen LogP) is 4.19. The van der Waals surface area contributed by atoms with Gasteiger partial charge >= 0.3 is 0 Å². The number of hydrogen-bond acceptors (Lipinski definition) is 5. The van der Waals surface area contributed by atoms with Gasteiger partial charge in [-0.2, -0.15) is 0 Å². The third-order valence-electron chi connectivity index (χ3n) is 4.49. The van der Waals surface area contributed by atoms with Crippen molar-refractivity contribution < 1.29 is 18.6 Å². The van der Waals surface area contributed by atoms with Gasteiger partial charge in [0.25, 0.3) is 0 Å². The highest BCUT2D eigenvalue weighted by Gasteiger charge is 2.16. The first kappa shape index (κ1) is 16.5. The average molecular weight is 352 g/mol. The summed E-state index contributed by atoms with van der Waals surface area (Å²) in [5.74, 6) is 2.10. The van der Waals surface area contributed by atoms with E-state index in [0.29, 0.717) is 47.9 Å². The molecule has 5 nitrogen and oxygen atoms in total. The zero-order valence-electron chi connectivity index (χ0n) is 14.8. The van der Waals surface area contributed by atoms with Crippen LogP contribution in [0.1, 0.15) is 19.4 Å². The van der Waals surface area contributed by atoms with Crippen molar-refractivity contribution in [2.24, 2.45) is 0 Å². The molecule has 0 radical (unpaired) electrons. The Morgan fingerprint density at radius 1 is 1.04 bits per heavy atom. The molecule has 1 aliphatic heterocycles. The summed E-state index contributed by atoms with van der Waals surface area (Å²) in [4.78, 5) is 13.1. The Morgan fingerprint density at radius 3 is 2.62 bits per heavy atom. The molecule has 0 spiro atoms. The zero-order valence-corrected chi connectivity index (χ0v) is 14.8. The van der Waals surface area contributed by atoms with Gasteiger partial charge in [0.05, 0.1) is 17.6 Å². The van der Waals surface area contributed by atoms with E-state index in [2.05, 4.69) is 0 Å². The third-order valence-corrected chi connectivity index (χ3v) is 4.49. The second-order valence-corrected chi connectivity index (χ2v) is 6.08. The summed E-state index contributed by atoms with van der Waals surface area (Å²) >= 11 is 0. The van der Waals surface area contributed by atoms with E-state index in [1.165, 1.54) is 6.26 Å². The molecule has 0 saturated carbocycles. The molecule has 1 aliphatic rings. The molecular formula is C21H20O5. The first-order chi connectivity index (χ1) is 12.7. The van der Waals surface area contributed by atoms with Gasteiger partial charge in [-0.15, -0.1) is 0 Å². The second kappa shape index (κ2) is 6.75. The summed E-state index contributed by atoms with van der Waals surface area (Å²) in [5.41, 5.74) is 2.70. The van der Waals surface area contributed by atoms with Crippen molar-refractivity contribution in [1.29, 1.82) is 0 Å². The van der Waals surface area contributed by atoms with Crippen LogP contribution >= 0.6 is 0 Å². The predicted molar refractivity (Wildman–Crippen MR) is 99.5 cm³/mol. The molecule has 0 saturated heterocycles. The Labute approximate surface area is 151 Å². The molecule has 4 rings (SSSR count). The van der Waals surface area contributed by atoms with Crippen molar-refractivity contribution in [3.63, 3.8) is 0 Å². The molecule has 0 N–H and O–H groups in total. The van der Waals surface area contributed by atoms with Crippen LogP contribution in [0, 0.1) is 0 Å². The Balaban J connectivity index is 1.85. The van der Waals surface area contributed by atoms with Gasteiger partial charge in [0.1, 0.15) is 30.8 Å². The highest BCUT2D eigenvalue weighted by Crippen LogP contribution is 2.34. The minimum Gasteiger partial charge on any atom is -0.493 e. The van der Waals surface area contributed by atoms with Gasteiger partial charge in [-0.3, -0.25) is 4.79 Å². The lowest BCUT2D eigenvalue weighted by Crippen LogP contribution is -2.15. The summed E-state index contributed by atoms with van der Waals surface area (Å²) < 4.78 is 22.6. The number of rotatable bonds is 4. The minimum absolute atomic E-state index is 0.0688. The van der Waals surface area contributed by atoms with Crippen LogP contribution in [0.3, 0.4) is 0 Å². The fourth-order valence-corrected chi connectivity index (χ4v) is 3.18. The molecule has 0 fully saturated rings. The fraction of sp³-hybridized carbons (Fsp3) is 0.286. The summed E-state index contributed by atoms with van der Waals surface area (Å²) in [5, 5.41) is 0.553. The number of fused-ring (bicyclic) bond motifs is 2. The molecule has 2 aromatic carbocycles. The Hall–Kier alpha value is -2.95. The van der Waals surface area contributed by atoms with Gasteiger partial charge in [-0.1, -0.05) is 13.0 Å². The summed E-state index contributed by atoms with van der Waals surface area (Å²) in [6.07, 6.45) is 2.27. The lowest BCUT2D eigenvalue weighted by atomic mass is 10.0. The maximum atomic E-state index is 13.1. The van der Waals surface area contributed by atoms with Crippen molar-refractivity contribution in [3.05, 3.63) is 52.4 Å². The van der Waals surface area contributed by atoms with Crippen LogP contribution < -0.4 is 19.6 Å². The first-order valence-corrected chi connectivity index (χ1v) is 8.82. The highest BCUT2D eigenvalue weighted by atomic mass is 16.6. The smallest absolute Gasteiger partial charge is 0.200 e. The molecular weight excluding hydrogens is 332 g/mol.